The number of aromatic nitrogens is 2. The van der Waals surface area contributed by atoms with Crippen molar-refractivity contribution in [3.63, 3.8) is 0 Å². The molecule has 1 aromatic carbocycles. The lowest BCUT2D eigenvalue weighted by Gasteiger charge is -2.04. The molecule has 0 bridgehead atoms. The Kier molecular flexibility index (Phi) is 2.41. The zero-order chi connectivity index (χ0) is 12.5. The molecular formula is C14H13N3O. The highest BCUT2D eigenvalue weighted by Gasteiger charge is 2.10. The fourth-order valence-electron chi connectivity index (χ4n) is 2.05. The average molecular weight is 239 g/mol. The first-order chi connectivity index (χ1) is 8.79. The fraction of sp³-hybridized carbons (Fsp3) is 0.0714. The smallest absolute Gasteiger partial charge is 0.150 e. The Labute approximate surface area is 105 Å². The number of pyridine rings is 1. The van der Waals surface area contributed by atoms with E-state index in [-0.39, 0.29) is 0 Å². The Morgan fingerprint density at radius 1 is 1.11 bits per heavy atom. The van der Waals surface area contributed by atoms with Crippen molar-refractivity contribution in [3.8, 4) is 17.0 Å². The lowest BCUT2D eigenvalue weighted by Crippen LogP contribution is -1.92. The molecule has 0 aliphatic carbocycles. The highest BCUT2D eigenvalue weighted by Crippen LogP contribution is 2.28. The van der Waals surface area contributed by atoms with E-state index in [4.69, 9.17) is 10.5 Å². The number of hydrogen-bond acceptors (Lipinski definition) is 3. The minimum absolute atomic E-state index is 0.534. The van der Waals surface area contributed by atoms with Crippen LogP contribution in [0.2, 0.25) is 0 Å². The molecule has 4 heteroatoms. The minimum Gasteiger partial charge on any atom is -0.497 e. The number of fused-ring (bicyclic) bond motifs is 1. The van der Waals surface area contributed by atoms with Crippen LogP contribution < -0.4 is 10.5 Å². The number of nitrogens with zero attached hydrogens (tertiary/aromatic N) is 2. The van der Waals surface area contributed by atoms with Gasteiger partial charge in [0.1, 0.15) is 11.4 Å². The van der Waals surface area contributed by atoms with Gasteiger partial charge in [0.05, 0.1) is 12.8 Å². The number of benzene rings is 1. The van der Waals surface area contributed by atoms with E-state index in [2.05, 4.69) is 4.98 Å². The van der Waals surface area contributed by atoms with Crippen molar-refractivity contribution in [2.45, 2.75) is 0 Å². The van der Waals surface area contributed by atoms with Crippen molar-refractivity contribution in [2.75, 3.05) is 12.8 Å². The van der Waals surface area contributed by atoms with Crippen molar-refractivity contribution >= 4 is 11.5 Å². The molecular weight excluding hydrogens is 226 g/mol. The van der Waals surface area contributed by atoms with Crippen molar-refractivity contribution < 1.29 is 4.74 Å². The SMILES string of the molecule is COc1ccc(-c2c(N)nc3ccccn23)cc1. The van der Waals surface area contributed by atoms with E-state index in [0.29, 0.717) is 5.82 Å². The number of imidazole rings is 1. The van der Waals surface area contributed by atoms with Crippen molar-refractivity contribution in [1.29, 1.82) is 0 Å². The third kappa shape index (κ3) is 1.59. The Morgan fingerprint density at radius 2 is 1.89 bits per heavy atom. The van der Waals surface area contributed by atoms with Gasteiger partial charge in [0.2, 0.25) is 0 Å². The Hall–Kier alpha value is -2.49. The van der Waals surface area contributed by atoms with E-state index in [1.54, 1.807) is 7.11 Å². The summed E-state index contributed by atoms with van der Waals surface area (Å²) in [5, 5.41) is 0. The molecule has 4 nitrogen and oxygen atoms in total. The molecule has 2 aromatic heterocycles. The van der Waals surface area contributed by atoms with Gasteiger partial charge in [-0.05, 0) is 36.4 Å². The van der Waals surface area contributed by atoms with Crippen molar-refractivity contribution in [2.24, 2.45) is 0 Å². The number of anilines is 1. The maximum Gasteiger partial charge on any atom is 0.150 e. The average Bonchev–Trinajstić information content (AvgIpc) is 2.75. The largest absolute Gasteiger partial charge is 0.497 e. The second-order valence-electron chi connectivity index (χ2n) is 4.00. The summed E-state index contributed by atoms with van der Waals surface area (Å²) in [5.74, 6) is 1.36. The van der Waals surface area contributed by atoms with Gasteiger partial charge in [0.15, 0.2) is 5.82 Å². The molecule has 0 aliphatic heterocycles. The van der Waals surface area contributed by atoms with Gasteiger partial charge in [-0.2, -0.15) is 0 Å². The molecule has 0 radical (unpaired) electrons. The molecule has 90 valence electrons. The zero-order valence-electron chi connectivity index (χ0n) is 10.00. The van der Waals surface area contributed by atoms with Gasteiger partial charge in [-0.3, -0.25) is 4.40 Å². The van der Waals surface area contributed by atoms with Crippen LogP contribution in [-0.4, -0.2) is 16.5 Å². The third-order valence-electron chi connectivity index (χ3n) is 2.92. The molecule has 0 saturated carbocycles. The topological polar surface area (TPSA) is 52.5 Å². The van der Waals surface area contributed by atoms with E-state index in [1.165, 1.54) is 0 Å². The van der Waals surface area contributed by atoms with Gasteiger partial charge in [-0.25, -0.2) is 4.98 Å². The van der Waals surface area contributed by atoms with Crippen LogP contribution in [0.4, 0.5) is 5.82 Å². The van der Waals surface area contributed by atoms with E-state index in [0.717, 1.165) is 22.7 Å². The summed E-state index contributed by atoms with van der Waals surface area (Å²) < 4.78 is 7.13. The van der Waals surface area contributed by atoms with E-state index in [1.807, 2.05) is 53.1 Å². The quantitative estimate of drug-likeness (QED) is 0.747. The monoisotopic (exact) mass is 239 g/mol. The summed E-state index contributed by atoms with van der Waals surface area (Å²) in [7, 11) is 1.65. The molecule has 18 heavy (non-hydrogen) atoms. The number of methoxy groups -OCH3 is 1. The Bertz CT molecular complexity index is 686. The predicted molar refractivity (Wildman–Crippen MR) is 71.6 cm³/mol. The molecule has 0 unspecified atom stereocenters. The second-order valence-corrected chi connectivity index (χ2v) is 4.00. The minimum atomic E-state index is 0.534. The first-order valence-electron chi connectivity index (χ1n) is 5.66. The highest BCUT2D eigenvalue weighted by atomic mass is 16.5. The molecule has 2 N–H and O–H groups in total. The summed E-state index contributed by atoms with van der Waals surface area (Å²) in [6.07, 6.45) is 1.96. The first-order valence-corrected chi connectivity index (χ1v) is 5.66. The van der Waals surface area contributed by atoms with Crippen LogP contribution in [0, 0.1) is 0 Å². The fourth-order valence-corrected chi connectivity index (χ4v) is 2.05. The number of nitrogens with two attached hydrogens (primary N) is 1. The first kappa shape index (κ1) is 10.7. The lowest BCUT2D eigenvalue weighted by atomic mass is 10.1. The van der Waals surface area contributed by atoms with Gasteiger partial charge in [-0.1, -0.05) is 6.07 Å². The highest BCUT2D eigenvalue weighted by molar-refractivity contribution is 5.75. The van der Waals surface area contributed by atoms with Gasteiger partial charge in [-0.15, -0.1) is 0 Å². The molecule has 0 spiro atoms. The van der Waals surface area contributed by atoms with E-state index < -0.39 is 0 Å². The number of ether oxygens (including phenoxy) is 1. The zero-order valence-corrected chi connectivity index (χ0v) is 10.00. The van der Waals surface area contributed by atoms with Gasteiger partial charge >= 0.3 is 0 Å². The molecule has 3 rings (SSSR count). The Morgan fingerprint density at radius 3 is 2.61 bits per heavy atom. The Balaban J connectivity index is 2.20. The maximum atomic E-state index is 5.99. The summed E-state index contributed by atoms with van der Waals surface area (Å²) in [4.78, 5) is 4.34. The van der Waals surface area contributed by atoms with Crippen LogP contribution in [0.1, 0.15) is 0 Å². The number of rotatable bonds is 2. The molecule has 0 aliphatic rings. The van der Waals surface area contributed by atoms with Crippen molar-refractivity contribution in [3.05, 3.63) is 48.7 Å². The van der Waals surface area contributed by atoms with Gasteiger partial charge < -0.3 is 10.5 Å². The van der Waals surface area contributed by atoms with Crippen LogP contribution >= 0.6 is 0 Å². The summed E-state index contributed by atoms with van der Waals surface area (Å²) in [5.41, 5.74) is 8.77. The van der Waals surface area contributed by atoms with Crippen molar-refractivity contribution in [1.82, 2.24) is 9.38 Å². The third-order valence-corrected chi connectivity index (χ3v) is 2.92. The normalized spacial score (nSPS) is 10.7. The standard InChI is InChI=1S/C14H13N3O/c1-18-11-7-5-10(6-8-11)13-14(15)16-12-4-2-3-9-17(12)13/h2-9H,15H2,1H3. The molecule has 0 saturated heterocycles. The van der Waals surface area contributed by atoms with Crippen LogP contribution in [0.15, 0.2) is 48.7 Å². The van der Waals surface area contributed by atoms with E-state index >= 15 is 0 Å². The van der Waals surface area contributed by atoms with Gasteiger partial charge in [0, 0.05) is 11.8 Å². The van der Waals surface area contributed by atoms with Crippen LogP contribution in [0.25, 0.3) is 16.9 Å². The molecule has 3 aromatic rings. The summed E-state index contributed by atoms with van der Waals surface area (Å²) in [6.45, 7) is 0. The molecule has 0 amide bonds. The second kappa shape index (κ2) is 4.07. The van der Waals surface area contributed by atoms with Gasteiger partial charge in [0.25, 0.3) is 0 Å². The lowest BCUT2D eigenvalue weighted by molar-refractivity contribution is 0.415. The maximum absolute atomic E-state index is 5.99. The predicted octanol–water partition coefficient (Wildman–Crippen LogP) is 2.59. The van der Waals surface area contributed by atoms with E-state index in [9.17, 15) is 0 Å². The number of hydrogen-bond donors (Lipinski definition) is 1. The van der Waals surface area contributed by atoms with Crippen LogP contribution in [0.5, 0.6) is 5.75 Å². The van der Waals surface area contributed by atoms with Crippen LogP contribution in [-0.2, 0) is 0 Å². The number of nitrogen functional groups attached to an aromatic ring is 1. The van der Waals surface area contributed by atoms with Crippen LogP contribution in [0.3, 0.4) is 0 Å². The molecule has 2 heterocycles. The summed E-state index contributed by atoms with van der Waals surface area (Å²) in [6, 6.07) is 13.6. The molecule has 0 fully saturated rings. The molecule has 0 atom stereocenters. The summed E-state index contributed by atoms with van der Waals surface area (Å²) >= 11 is 0.